The van der Waals surface area contributed by atoms with Crippen LogP contribution in [0.15, 0.2) is 24.3 Å². The molecule has 0 radical (unpaired) electrons. The third-order valence-electron chi connectivity index (χ3n) is 1.95. The SMILES string of the molecule is COC(=O)COc1ccc(OCCCBr)cc1. The maximum absolute atomic E-state index is 10.9. The summed E-state index contributed by atoms with van der Waals surface area (Å²) in [4.78, 5) is 10.9. The number of methoxy groups -OCH3 is 1. The van der Waals surface area contributed by atoms with Gasteiger partial charge in [0.15, 0.2) is 6.61 Å². The lowest BCUT2D eigenvalue weighted by Gasteiger charge is -2.07. The third kappa shape index (κ3) is 5.58. The molecule has 0 saturated carbocycles. The van der Waals surface area contributed by atoms with E-state index >= 15 is 0 Å². The van der Waals surface area contributed by atoms with Crippen LogP contribution in [0.3, 0.4) is 0 Å². The zero-order valence-corrected chi connectivity index (χ0v) is 11.2. The Labute approximate surface area is 109 Å². The zero-order valence-electron chi connectivity index (χ0n) is 9.65. The Kier molecular flexibility index (Phi) is 6.47. The molecule has 1 aromatic carbocycles. The molecule has 1 rings (SSSR count). The van der Waals surface area contributed by atoms with Crippen molar-refractivity contribution in [1.82, 2.24) is 0 Å². The van der Waals surface area contributed by atoms with Crippen molar-refractivity contribution in [3.05, 3.63) is 24.3 Å². The molecule has 0 heterocycles. The van der Waals surface area contributed by atoms with E-state index < -0.39 is 5.97 Å². The normalized spacial score (nSPS) is 9.76. The molecule has 0 aromatic heterocycles. The summed E-state index contributed by atoms with van der Waals surface area (Å²) < 4.78 is 15.1. The monoisotopic (exact) mass is 302 g/mol. The molecule has 0 bridgehead atoms. The second kappa shape index (κ2) is 7.95. The minimum absolute atomic E-state index is 0.0830. The summed E-state index contributed by atoms with van der Waals surface area (Å²) >= 11 is 3.33. The van der Waals surface area contributed by atoms with Crippen molar-refractivity contribution >= 4 is 21.9 Å². The number of rotatable bonds is 7. The molecule has 0 fully saturated rings. The van der Waals surface area contributed by atoms with Gasteiger partial charge in [0.05, 0.1) is 13.7 Å². The van der Waals surface area contributed by atoms with E-state index in [1.807, 2.05) is 0 Å². The number of hydrogen-bond donors (Lipinski definition) is 0. The molecule has 0 N–H and O–H groups in total. The second-order valence-electron chi connectivity index (χ2n) is 3.23. The van der Waals surface area contributed by atoms with Crippen molar-refractivity contribution in [1.29, 1.82) is 0 Å². The van der Waals surface area contributed by atoms with Crippen molar-refractivity contribution in [3.63, 3.8) is 0 Å². The maximum Gasteiger partial charge on any atom is 0.343 e. The Morgan fingerprint density at radius 1 is 1.18 bits per heavy atom. The summed E-state index contributed by atoms with van der Waals surface area (Å²) in [6.07, 6.45) is 0.959. The number of ether oxygens (including phenoxy) is 3. The van der Waals surface area contributed by atoms with Crippen LogP contribution in [-0.4, -0.2) is 31.6 Å². The van der Waals surface area contributed by atoms with Crippen molar-refractivity contribution in [2.75, 3.05) is 25.7 Å². The fourth-order valence-electron chi connectivity index (χ4n) is 1.08. The van der Waals surface area contributed by atoms with Gasteiger partial charge in [-0.15, -0.1) is 0 Å². The van der Waals surface area contributed by atoms with E-state index in [0.717, 1.165) is 17.5 Å². The molecule has 0 aliphatic rings. The van der Waals surface area contributed by atoms with Crippen LogP contribution in [0.25, 0.3) is 0 Å². The predicted octanol–water partition coefficient (Wildman–Crippen LogP) is 2.40. The molecule has 0 atom stereocenters. The summed E-state index contributed by atoms with van der Waals surface area (Å²) in [6.45, 7) is 0.591. The number of esters is 1. The summed E-state index contributed by atoms with van der Waals surface area (Å²) in [5.74, 6) is 1.00. The fraction of sp³-hybridized carbons (Fsp3) is 0.417. The molecular weight excluding hydrogens is 288 g/mol. The first-order valence-electron chi connectivity index (χ1n) is 5.24. The molecule has 0 saturated heterocycles. The van der Waals surface area contributed by atoms with Gasteiger partial charge in [-0.1, -0.05) is 15.9 Å². The second-order valence-corrected chi connectivity index (χ2v) is 4.02. The van der Waals surface area contributed by atoms with Crippen LogP contribution in [-0.2, 0) is 9.53 Å². The van der Waals surface area contributed by atoms with Gasteiger partial charge in [0.1, 0.15) is 11.5 Å². The van der Waals surface area contributed by atoms with Gasteiger partial charge in [0, 0.05) is 5.33 Å². The van der Waals surface area contributed by atoms with Crippen LogP contribution < -0.4 is 9.47 Å². The lowest BCUT2D eigenvalue weighted by Crippen LogP contribution is -2.12. The largest absolute Gasteiger partial charge is 0.494 e. The summed E-state index contributed by atoms with van der Waals surface area (Å²) in [5.41, 5.74) is 0. The van der Waals surface area contributed by atoms with Crippen LogP contribution in [0.5, 0.6) is 11.5 Å². The molecular formula is C12H15BrO4. The summed E-state index contributed by atoms with van der Waals surface area (Å²) in [5, 5.41) is 0.924. The highest BCUT2D eigenvalue weighted by Gasteiger charge is 2.01. The first-order chi connectivity index (χ1) is 8.26. The highest BCUT2D eigenvalue weighted by Crippen LogP contribution is 2.17. The van der Waals surface area contributed by atoms with Crippen molar-refractivity contribution in [2.24, 2.45) is 0 Å². The molecule has 0 amide bonds. The Morgan fingerprint density at radius 3 is 2.29 bits per heavy atom. The molecule has 1 aromatic rings. The van der Waals surface area contributed by atoms with Crippen LogP contribution in [0.2, 0.25) is 0 Å². The molecule has 94 valence electrons. The minimum Gasteiger partial charge on any atom is -0.494 e. The van der Waals surface area contributed by atoms with Gasteiger partial charge in [-0.2, -0.15) is 0 Å². The smallest absolute Gasteiger partial charge is 0.343 e. The number of halogens is 1. The van der Waals surface area contributed by atoms with Gasteiger partial charge in [-0.25, -0.2) is 4.79 Å². The van der Waals surface area contributed by atoms with E-state index in [-0.39, 0.29) is 6.61 Å². The van der Waals surface area contributed by atoms with E-state index in [2.05, 4.69) is 20.7 Å². The van der Waals surface area contributed by atoms with E-state index in [1.54, 1.807) is 24.3 Å². The number of carbonyl (C=O) groups excluding carboxylic acids is 1. The molecule has 17 heavy (non-hydrogen) atoms. The summed E-state index contributed by atoms with van der Waals surface area (Å²) in [6, 6.07) is 7.13. The van der Waals surface area contributed by atoms with Crippen LogP contribution in [0.1, 0.15) is 6.42 Å². The first kappa shape index (κ1) is 13.8. The van der Waals surface area contributed by atoms with Crippen LogP contribution >= 0.6 is 15.9 Å². The third-order valence-corrected chi connectivity index (χ3v) is 2.52. The van der Waals surface area contributed by atoms with Gasteiger partial charge in [0.2, 0.25) is 0 Å². The Bertz CT molecular complexity index is 337. The van der Waals surface area contributed by atoms with Gasteiger partial charge < -0.3 is 14.2 Å². The Morgan fingerprint density at radius 2 is 1.76 bits per heavy atom. The van der Waals surface area contributed by atoms with E-state index in [4.69, 9.17) is 9.47 Å². The van der Waals surface area contributed by atoms with E-state index in [0.29, 0.717) is 12.4 Å². The van der Waals surface area contributed by atoms with Gasteiger partial charge in [-0.3, -0.25) is 0 Å². The first-order valence-corrected chi connectivity index (χ1v) is 6.37. The number of carbonyl (C=O) groups is 1. The topological polar surface area (TPSA) is 44.8 Å². The van der Waals surface area contributed by atoms with E-state index in [9.17, 15) is 4.79 Å². The highest BCUT2D eigenvalue weighted by molar-refractivity contribution is 9.09. The number of hydrogen-bond acceptors (Lipinski definition) is 4. The molecule has 0 aliphatic heterocycles. The number of alkyl halides is 1. The van der Waals surface area contributed by atoms with Crippen LogP contribution in [0, 0.1) is 0 Å². The Hall–Kier alpha value is -1.23. The minimum atomic E-state index is -0.400. The Balaban J connectivity index is 2.36. The van der Waals surface area contributed by atoms with Crippen LogP contribution in [0.4, 0.5) is 0 Å². The van der Waals surface area contributed by atoms with Gasteiger partial charge >= 0.3 is 5.97 Å². The lowest BCUT2D eigenvalue weighted by atomic mass is 10.3. The lowest BCUT2D eigenvalue weighted by molar-refractivity contribution is -0.142. The molecule has 5 heteroatoms. The standard InChI is InChI=1S/C12H15BrO4/c1-15-12(14)9-17-11-5-3-10(4-6-11)16-8-2-7-13/h3-6H,2,7-9H2,1H3. The van der Waals surface area contributed by atoms with E-state index in [1.165, 1.54) is 7.11 Å². The predicted molar refractivity (Wildman–Crippen MR) is 67.9 cm³/mol. The highest BCUT2D eigenvalue weighted by atomic mass is 79.9. The van der Waals surface area contributed by atoms with Crippen molar-refractivity contribution in [2.45, 2.75) is 6.42 Å². The molecule has 0 unspecified atom stereocenters. The fourth-order valence-corrected chi connectivity index (χ4v) is 1.31. The summed E-state index contributed by atoms with van der Waals surface area (Å²) in [7, 11) is 1.33. The molecule has 4 nitrogen and oxygen atoms in total. The van der Waals surface area contributed by atoms with Gasteiger partial charge in [0.25, 0.3) is 0 Å². The van der Waals surface area contributed by atoms with Gasteiger partial charge in [-0.05, 0) is 30.7 Å². The average Bonchev–Trinajstić information content (AvgIpc) is 2.37. The quantitative estimate of drug-likeness (QED) is 0.441. The zero-order chi connectivity index (χ0) is 12.5. The van der Waals surface area contributed by atoms with Crippen molar-refractivity contribution in [3.8, 4) is 11.5 Å². The molecule has 0 aliphatic carbocycles. The molecule has 0 spiro atoms. The number of benzene rings is 1. The maximum atomic E-state index is 10.9. The van der Waals surface area contributed by atoms with Crippen molar-refractivity contribution < 1.29 is 19.0 Å². The average molecular weight is 303 g/mol.